The van der Waals surface area contributed by atoms with Crippen LogP contribution in [0.5, 0.6) is 0 Å². The van der Waals surface area contributed by atoms with E-state index in [1.54, 1.807) is 0 Å². The Morgan fingerprint density at radius 1 is 1.20 bits per heavy atom. The number of nitrogens with one attached hydrogen (secondary N) is 1. The van der Waals surface area contributed by atoms with Crippen molar-refractivity contribution in [2.75, 3.05) is 18.2 Å². The molecule has 35 heavy (non-hydrogen) atoms. The first kappa shape index (κ1) is 25.4. The highest BCUT2D eigenvalue weighted by Crippen LogP contribution is 2.47. The van der Waals surface area contributed by atoms with Gasteiger partial charge in [-0.2, -0.15) is 31.4 Å². The molecule has 1 saturated heterocycles. The third-order valence-corrected chi connectivity index (χ3v) is 6.74. The molecule has 1 amide bonds. The lowest BCUT2D eigenvalue weighted by Gasteiger charge is -2.22. The maximum atomic E-state index is 14.1. The summed E-state index contributed by atoms with van der Waals surface area (Å²) >= 11 is 0. The van der Waals surface area contributed by atoms with E-state index >= 15 is 0 Å². The van der Waals surface area contributed by atoms with Gasteiger partial charge in [0.2, 0.25) is 0 Å². The molecule has 1 saturated carbocycles. The summed E-state index contributed by atoms with van der Waals surface area (Å²) in [5.41, 5.74) is -2.80. The van der Waals surface area contributed by atoms with E-state index < -0.39 is 74.6 Å². The summed E-state index contributed by atoms with van der Waals surface area (Å²) in [4.78, 5) is 16.7. The summed E-state index contributed by atoms with van der Waals surface area (Å²) in [5, 5.41) is 5.73. The molecular formula is C20H20F6N4O4S. The summed E-state index contributed by atoms with van der Waals surface area (Å²) < 4.78 is 111. The number of ether oxygens (including phenoxy) is 1. The van der Waals surface area contributed by atoms with E-state index in [4.69, 9.17) is 4.74 Å². The molecule has 2 atom stereocenters. The van der Waals surface area contributed by atoms with Crippen LogP contribution in [-0.2, 0) is 27.3 Å². The van der Waals surface area contributed by atoms with Crippen LogP contribution >= 0.6 is 0 Å². The summed E-state index contributed by atoms with van der Waals surface area (Å²) in [5.74, 6) is -3.09. The molecule has 2 aromatic heterocycles. The van der Waals surface area contributed by atoms with E-state index in [-0.39, 0.29) is 18.7 Å². The van der Waals surface area contributed by atoms with Gasteiger partial charge in [0, 0.05) is 43.1 Å². The molecule has 15 heteroatoms. The number of carbonyl (C=O) groups excluding carboxylic acids is 1. The monoisotopic (exact) mass is 526 g/mol. The summed E-state index contributed by atoms with van der Waals surface area (Å²) in [6, 6.07) is 2.14. The lowest BCUT2D eigenvalue weighted by atomic mass is 10.0. The second kappa shape index (κ2) is 8.76. The van der Waals surface area contributed by atoms with Crippen molar-refractivity contribution < 1.29 is 44.3 Å². The van der Waals surface area contributed by atoms with Gasteiger partial charge < -0.3 is 10.1 Å². The van der Waals surface area contributed by atoms with Gasteiger partial charge in [-0.15, -0.1) is 0 Å². The molecular weight excluding hydrogens is 506 g/mol. The first-order valence-electron chi connectivity index (χ1n) is 10.5. The maximum absolute atomic E-state index is 14.1. The van der Waals surface area contributed by atoms with Crippen LogP contribution in [0, 0.1) is 5.92 Å². The lowest BCUT2D eigenvalue weighted by Crippen LogP contribution is -2.36. The second-order valence-corrected chi connectivity index (χ2v) is 10.5. The normalized spacial score (nSPS) is 21.3. The minimum atomic E-state index is -5.01. The number of amides is 1. The fraction of sp³-hybridized carbons (Fsp3) is 0.550. The van der Waals surface area contributed by atoms with Crippen molar-refractivity contribution in [3.8, 4) is 0 Å². The number of pyridine rings is 1. The number of halogens is 6. The highest BCUT2D eigenvalue weighted by atomic mass is 32.2. The van der Waals surface area contributed by atoms with Crippen molar-refractivity contribution in [2.45, 2.75) is 55.2 Å². The van der Waals surface area contributed by atoms with Gasteiger partial charge in [0.15, 0.2) is 21.0 Å². The van der Waals surface area contributed by atoms with Crippen molar-refractivity contribution in [2.24, 2.45) is 5.92 Å². The zero-order valence-electron chi connectivity index (χ0n) is 18.2. The second-order valence-electron chi connectivity index (χ2n) is 8.55. The Labute approximate surface area is 195 Å². The van der Waals surface area contributed by atoms with Gasteiger partial charge in [-0.25, -0.2) is 13.4 Å². The third kappa shape index (κ3) is 5.44. The summed E-state index contributed by atoms with van der Waals surface area (Å²) in [7, 11) is -3.78. The first-order chi connectivity index (χ1) is 16.2. The van der Waals surface area contributed by atoms with E-state index in [2.05, 4.69) is 15.4 Å². The quantitative estimate of drug-likeness (QED) is 0.575. The van der Waals surface area contributed by atoms with Gasteiger partial charge in [-0.3, -0.25) is 9.48 Å². The van der Waals surface area contributed by atoms with Crippen molar-refractivity contribution in [3.05, 3.63) is 35.3 Å². The van der Waals surface area contributed by atoms with E-state index in [0.29, 0.717) is 17.5 Å². The molecule has 2 aromatic rings. The van der Waals surface area contributed by atoms with Crippen LogP contribution in [0.2, 0.25) is 0 Å². The number of alkyl halides is 6. The molecule has 0 bridgehead atoms. The van der Waals surface area contributed by atoms with Crippen molar-refractivity contribution in [3.63, 3.8) is 0 Å². The Morgan fingerprint density at radius 3 is 2.46 bits per heavy atom. The third-order valence-electron chi connectivity index (χ3n) is 5.76. The minimum Gasteiger partial charge on any atom is -0.368 e. The number of carbonyl (C=O) groups is 1. The zero-order chi connectivity index (χ0) is 25.8. The van der Waals surface area contributed by atoms with Crippen LogP contribution in [0.1, 0.15) is 46.9 Å². The molecule has 0 unspecified atom stereocenters. The number of hydrogen-bond donors (Lipinski definition) is 1. The molecule has 4 rings (SSSR count). The standard InChI is InChI=1S/C20H20F6N4O4S/c1-35(32,33)13-8-12(4-6-27-13)28-18(31)16-14(19(21,22)23)15(10-2-3-10)29-30(16)9-11-5-7-34-17(11)20(24,25)26/h4,6,8,10-11,17H,2-3,5,7,9H2,1H3,(H,27,28,31)/t11-,17-/m0/s1. The number of rotatable bonds is 6. The Kier molecular flexibility index (Phi) is 6.36. The van der Waals surface area contributed by atoms with Crippen LogP contribution in [0.4, 0.5) is 32.0 Å². The molecule has 2 fully saturated rings. The number of anilines is 1. The van der Waals surface area contributed by atoms with E-state index in [0.717, 1.165) is 18.5 Å². The molecule has 8 nitrogen and oxygen atoms in total. The molecule has 1 aliphatic carbocycles. The van der Waals surface area contributed by atoms with E-state index in [9.17, 15) is 39.6 Å². The zero-order valence-corrected chi connectivity index (χ0v) is 19.0. The molecule has 0 spiro atoms. The average Bonchev–Trinajstić information content (AvgIpc) is 3.32. The van der Waals surface area contributed by atoms with Crippen LogP contribution in [0.25, 0.3) is 0 Å². The van der Waals surface area contributed by atoms with Crippen LogP contribution in [0.15, 0.2) is 23.4 Å². The Balaban J connectivity index is 1.75. The Morgan fingerprint density at radius 2 is 1.89 bits per heavy atom. The minimum absolute atomic E-state index is 0.0761. The molecule has 3 heterocycles. The fourth-order valence-corrected chi connectivity index (χ4v) is 4.64. The first-order valence-corrected chi connectivity index (χ1v) is 12.4. The van der Waals surface area contributed by atoms with Gasteiger partial charge in [-0.05, 0) is 31.4 Å². The van der Waals surface area contributed by atoms with Gasteiger partial charge in [0.1, 0.15) is 11.3 Å². The number of nitrogens with zero attached hydrogens (tertiary/aromatic N) is 3. The van der Waals surface area contributed by atoms with E-state index in [1.165, 1.54) is 6.07 Å². The van der Waals surface area contributed by atoms with Gasteiger partial charge in [-0.1, -0.05) is 0 Å². The molecule has 0 aromatic carbocycles. The van der Waals surface area contributed by atoms with Gasteiger partial charge >= 0.3 is 12.4 Å². The SMILES string of the molecule is CS(=O)(=O)c1cc(NC(=O)c2c(C(F)(F)F)c(C3CC3)nn2C[C@@H]2CCO[C@@H]2C(F)(F)F)ccn1. The van der Waals surface area contributed by atoms with Crippen LogP contribution in [-0.4, -0.2) is 54.2 Å². The summed E-state index contributed by atoms with van der Waals surface area (Å²) in [6.45, 7) is -0.849. The van der Waals surface area contributed by atoms with Crippen LogP contribution in [0.3, 0.4) is 0 Å². The Bertz CT molecular complexity index is 1240. The highest BCUT2D eigenvalue weighted by molar-refractivity contribution is 7.90. The van der Waals surface area contributed by atoms with Gasteiger partial charge in [0.05, 0.1) is 5.69 Å². The Hall–Kier alpha value is -2.68. The number of aromatic nitrogens is 3. The predicted molar refractivity (Wildman–Crippen MR) is 108 cm³/mol. The fourth-order valence-electron chi connectivity index (χ4n) is 4.05. The average molecular weight is 526 g/mol. The summed E-state index contributed by atoms with van der Waals surface area (Å²) in [6.07, 6.45) is -9.29. The van der Waals surface area contributed by atoms with Gasteiger partial charge in [0.25, 0.3) is 5.91 Å². The number of hydrogen-bond acceptors (Lipinski definition) is 6. The molecule has 192 valence electrons. The lowest BCUT2D eigenvalue weighted by molar-refractivity contribution is -0.217. The van der Waals surface area contributed by atoms with Crippen molar-refractivity contribution in [1.82, 2.24) is 14.8 Å². The van der Waals surface area contributed by atoms with Crippen LogP contribution < -0.4 is 5.32 Å². The van der Waals surface area contributed by atoms with E-state index in [1.807, 2.05) is 0 Å². The topological polar surface area (TPSA) is 103 Å². The molecule has 1 N–H and O–H groups in total. The highest BCUT2D eigenvalue weighted by Gasteiger charge is 2.50. The van der Waals surface area contributed by atoms with Crippen molar-refractivity contribution >= 4 is 21.4 Å². The smallest absolute Gasteiger partial charge is 0.368 e. The molecule has 2 aliphatic rings. The maximum Gasteiger partial charge on any atom is 0.420 e. The largest absolute Gasteiger partial charge is 0.420 e. The molecule has 0 radical (unpaired) electrons. The number of sulfone groups is 1. The predicted octanol–water partition coefficient (Wildman–Crippen LogP) is 3.80. The van der Waals surface area contributed by atoms with Crippen molar-refractivity contribution in [1.29, 1.82) is 0 Å². The molecule has 1 aliphatic heterocycles.